The van der Waals surface area contributed by atoms with Gasteiger partial charge in [-0.3, -0.25) is 4.79 Å². The van der Waals surface area contributed by atoms with E-state index in [1.165, 1.54) is 18.2 Å². The van der Waals surface area contributed by atoms with Crippen molar-refractivity contribution in [1.29, 1.82) is 0 Å². The molecule has 112 valence electrons. The number of aromatic hydroxyl groups is 2. The molecule has 0 aliphatic rings. The van der Waals surface area contributed by atoms with Gasteiger partial charge in [0, 0.05) is 24.2 Å². The Balaban J connectivity index is 2.30. The fourth-order valence-electron chi connectivity index (χ4n) is 1.77. The molecule has 0 unspecified atom stereocenters. The number of phenolic OH excluding ortho intramolecular Hbond substituents is 2. The Bertz CT molecular complexity index is 426. The van der Waals surface area contributed by atoms with Crippen LogP contribution in [0.15, 0.2) is 18.2 Å². The number of carbonyl (C=O) groups excluding carboxylic acids is 1. The van der Waals surface area contributed by atoms with Gasteiger partial charge in [0.05, 0.1) is 0 Å². The van der Waals surface area contributed by atoms with E-state index in [-0.39, 0.29) is 23.0 Å². The average molecular weight is 280 g/mol. The third-order valence-electron chi connectivity index (χ3n) is 3.27. The highest BCUT2D eigenvalue weighted by Gasteiger charge is 2.08. The normalized spacial score (nSPS) is 11.1. The second kappa shape index (κ2) is 7.75. The molecule has 0 fully saturated rings. The Morgan fingerprint density at radius 3 is 2.35 bits per heavy atom. The summed E-state index contributed by atoms with van der Waals surface area (Å²) in [5.74, 6) is -0.518. The Morgan fingerprint density at radius 2 is 1.80 bits per heavy atom. The molecule has 1 rings (SSSR count). The van der Waals surface area contributed by atoms with Gasteiger partial charge in [0.25, 0.3) is 5.91 Å². The summed E-state index contributed by atoms with van der Waals surface area (Å²) < 4.78 is 0. The molecule has 20 heavy (non-hydrogen) atoms. The van der Waals surface area contributed by atoms with Crippen LogP contribution in [0.4, 0.5) is 0 Å². The van der Waals surface area contributed by atoms with Gasteiger partial charge >= 0.3 is 0 Å². The van der Waals surface area contributed by atoms with Gasteiger partial charge in [-0.15, -0.1) is 0 Å². The van der Waals surface area contributed by atoms with E-state index >= 15 is 0 Å². The minimum absolute atomic E-state index is 0.117. The van der Waals surface area contributed by atoms with E-state index in [1.807, 2.05) is 0 Å². The van der Waals surface area contributed by atoms with E-state index < -0.39 is 0 Å². The lowest BCUT2D eigenvalue weighted by Crippen LogP contribution is -2.29. The first-order valence-electron chi connectivity index (χ1n) is 6.91. The van der Waals surface area contributed by atoms with Gasteiger partial charge < -0.3 is 20.4 Å². The molecule has 0 radical (unpaired) electrons. The molecule has 0 bridgehead atoms. The molecule has 5 heteroatoms. The van der Waals surface area contributed by atoms with Crippen LogP contribution in [0.25, 0.3) is 0 Å². The van der Waals surface area contributed by atoms with Crippen molar-refractivity contribution in [1.82, 2.24) is 10.2 Å². The van der Waals surface area contributed by atoms with Crippen LogP contribution in [0.2, 0.25) is 0 Å². The van der Waals surface area contributed by atoms with E-state index in [0.29, 0.717) is 12.6 Å². The van der Waals surface area contributed by atoms with E-state index in [9.17, 15) is 15.0 Å². The van der Waals surface area contributed by atoms with Crippen molar-refractivity contribution in [2.75, 3.05) is 20.1 Å². The molecule has 1 aromatic rings. The zero-order valence-electron chi connectivity index (χ0n) is 12.4. The van der Waals surface area contributed by atoms with Crippen molar-refractivity contribution in [2.45, 2.75) is 32.7 Å². The average Bonchev–Trinajstić information content (AvgIpc) is 2.36. The summed E-state index contributed by atoms with van der Waals surface area (Å²) in [6.07, 6.45) is 1.91. The van der Waals surface area contributed by atoms with E-state index in [1.54, 1.807) is 0 Å². The number of hydrogen-bond acceptors (Lipinski definition) is 4. The highest BCUT2D eigenvalue weighted by Crippen LogP contribution is 2.20. The lowest BCUT2D eigenvalue weighted by atomic mass is 10.2. The molecule has 0 spiro atoms. The van der Waals surface area contributed by atoms with Crippen LogP contribution in [-0.4, -0.2) is 47.2 Å². The summed E-state index contributed by atoms with van der Waals surface area (Å²) in [7, 11) is 2.08. The molecule has 3 N–H and O–H groups in total. The summed E-state index contributed by atoms with van der Waals surface area (Å²) in [4.78, 5) is 14.1. The van der Waals surface area contributed by atoms with Gasteiger partial charge in [-0.05, 0) is 52.4 Å². The molecule has 0 saturated heterocycles. The monoisotopic (exact) mass is 280 g/mol. The first-order valence-corrected chi connectivity index (χ1v) is 6.91. The Kier molecular flexibility index (Phi) is 6.31. The summed E-state index contributed by atoms with van der Waals surface area (Å²) in [5, 5.41) is 21.4. The molecule has 0 saturated carbocycles. The van der Waals surface area contributed by atoms with Gasteiger partial charge in [0.2, 0.25) is 0 Å². The third-order valence-corrected chi connectivity index (χ3v) is 3.27. The maximum atomic E-state index is 11.8. The van der Waals surface area contributed by atoms with Gasteiger partial charge in [0.15, 0.2) is 0 Å². The van der Waals surface area contributed by atoms with E-state index in [4.69, 9.17) is 0 Å². The molecule has 0 heterocycles. The minimum Gasteiger partial charge on any atom is -0.508 e. The Morgan fingerprint density at radius 1 is 1.20 bits per heavy atom. The highest BCUT2D eigenvalue weighted by molar-refractivity contribution is 5.94. The molecule has 0 aliphatic carbocycles. The summed E-state index contributed by atoms with van der Waals surface area (Å²) in [6.45, 7) is 5.88. The smallest absolute Gasteiger partial charge is 0.251 e. The number of nitrogens with one attached hydrogen (secondary N) is 1. The second-order valence-electron chi connectivity index (χ2n) is 5.28. The van der Waals surface area contributed by atoms with Crippen LogP contribution < -0.4 is 5.32 Å². The number of phenols is 2. The zero-order chi connectivity index (χ0) is 15.1. The fourth-order valence-corrected chi connectivity index (χ4v) is 1.77. The zero-order valence-corrected chi connectivity index (χ0v) is 12.4. The number of amides is 1. The third kappa shape index (κ3) is 5.48. The Labute approximate surface area is 120 Å². The molecule has 0 aliphatic heterocycles. The summed E-state index contributed by atoms with van der Waals surface area (Å²) >= 11 is 0. The van der Waals surface area contributed by atoms with Crippen molar-refractivity contribution in [3.63, 3.8) is 0 Å². The number of unbranched alkanes of at least 4 members (excludes halogenated alkanes) is 1. The number of carbonyl (C=O) groups is 1. The van der Waals surface area contributed by atoms with E-state index in [0.717, 1.165) is 19.4 Å². The lowest BCUT2D eigenvalue weighted by molar-refractivity contribution is 0.0951. The van der Waals surface area contributed by atoms with Crippen LogP contribution in [0.5, 0.6) is 11.5 Å². The minimum atomic E-state index is -0.284. The molecule has 0 aromatic heterocycles. The van der Waals surface area contributed by atoms with Crippen LogP contribution in [0.1, 0.15) is 37.0 Å². The number of rotatable bonds is 7. The van der Waals surface area contributed by atoms with Gasteiger partial charge in [-0.25, -0.2) is 0 Å². The van der Waals surface area contributed by atoms with Crippen molar-refractivity contribution < 1.29 is 15.0 Å². The summed E-state index contributed by atoms with van der Waals surface area (Å²) in [5.41, 5.74) is 0.266. The molecule has 5 nitrogen and oxygen atoms in total. The molecule has 1 aromatic carbocycles. The van der Waals surface area contributed by atoms with Crippen LogP contribution in [0.3, 0.4) is 0 Å². The standard InChI is InChI=1S/C15H24N2O3/c1-11(2)17(3)7-5-4-6-16-15(20)12-8-13(18)10-14(19)9-12/h8-11,18-19H,4-7H2,1-3H3,(H,16,20). The van der Waals surface area contributed by atoms with Crippen molar-refractivity contribution in [3.8, 4) is 11.5 Å². The van der Waals surface area contributed by atoms with E-state index in [2.05, 4.69) is 31.1 Å². The first-order chi connectivity index (χ1) is 9.40. The number of nitrogens with zero attached hydrogens (tertiary/aromatic N) is 1. The van der Waals surface area contributed by atoms with Crippen molar-refractivity contribution >= 4 is 5.91 Å². The quantitative estimate of drug-likeness (QED) is 0.667. The maximum absolute atomic E-state index is 11.8. The lowest BCUT2D eigenvalue weighted by Gasteiger charge is -2.20. The topological polar surface area (TPSA) is 72.8 Å². The second-order valence-corrected chi connectivity index (χ2v) is 5.28. The number of hydrogen-bond donors (Lipinski definition) is 3. The van der Waals surface area contributed by atoms with Gasteiger partial charge in [-0.1, -0.05) is 0 Å². The SMILES string of the molecule is CC(C)N(C)CCCCNC(=O)c1cc(O)cc(O)c1. The fraction of sp³-hybridized carbons (Fsp3) is 0.533. The maximum Gasteiger partial charge on any atom is 0.251 e. The van der Waals surface area contributed by atoms with Gasteiger partial charge in [-0.2, -0.15) is 0 Å². The van der Waals surface area contributed by atoms with Crippen molar-refractivity contribution in [2.24, 2.45) is 0 Å². The van der Waals surface area contributed by atoms with Crippen molar-refractivity contribution in [3.05, 3.63) is 23.8 Å². The molecule has 0 atom stereocenters. The predicted molar refractivity (Wildman–Crippen MR) is 79.1 cm³/mol. The van der Waals surface area contributed by atoms with Gasteiger partial charge in [0.1, 0.15) is 11.5 Å². The van der Waals surface area contributed by atoms with Crippen LogP contribution >= 0.6 is 0 Å². The highest BCUT2D eigenvalue weighted by atomic mass is 16.3. The van der Waals surface area contributed by atoms with Crippen LogP contribution in [-0.2, 0) is 0 Å². The number of benzene rings is 1. The summed E-state index contributed by atoms with van der Waals surface area (Å²) in [6, 6.07) is 4.39. The largest absolute Gasteiger partial charge is 0.508 e. The molecule has 1 amide bonds. The predicted octanol–water partition coefficient (Wildman–Crippen LogP) is 1.95. The van der Waals surface area contributed by atoms with Crippen LogP contribution in [0, 0.1) is 0 Å². The Hall–Kier alpha value is -1.75. The molecular weight excluding hydrogens is 256 g/mol. The first kappa shape index (κ1) is 16.3. The molecular formula is C15H24N2O3.